The van der Waals surface area contributed by atoms with Crippen LogP contribution in [0.15, 0.2) is 48.5 Å². The maximum absolute atomic E-state index is 14.6. The van der Waals surface area contributed by atoms with Gasteiger partial charge in [-0.2, -0.15) is 0 Å². The van der Waals surface area contributed by atoms with Gasteiger partial charge in [0.15, 0.2) is 21.3 Å². The smallest absolute Gasteiger partial charge is 0.414 e. The van der Waals surface area contributed by atoms with Gasteiger partial charge in [0.25, 0.3) is 0 Å². The molecule has 3 rings (SSSR count). The van der Waals surface area contributed by atoms with Gasteiger partial charge in [0.05, 0.1) is 17.8 Å². The fourth-order valence-electron chi connectivity index (χ4n) is 3.04. The van der Waals surface area contributed by atoms with Crippen LogP contribution in [-0.2, 0) is 15.8 Å². The lowest BCUT2D eigenvalue weighted by atomic mass is 10.0. The molecule has 1 fully saturated rings. The van der Waals surface area contributed by atoms with Crippen molar-refractivity contribution in [3.63, 3.8) is 0 Å². The maximum Gasteiger partial charge on any atom is 0.414 e. The first-order valence-corrected chi connectivity index (χ1v) is 11.4. The van der Waals surface area contributed by atoms with Gasteiger partial charge in [0.2, 0.25) is 0 Å². The van der Waals surface area contributed by atoms with Crippen LogP contribution in [0.3, 0.4) is 0 Å². The molecule has 1 aliphatic rings. The van der Waals surface area contributed by atoms with E-state index in [4.69, 9.17) is 13.9 Å². The number of nitrogens with zero attached hydrogens (tertiary/aromatic N) is 1. The molecule has 1 atom stereocenters. The van der Waals surface area contributed by atoms with Crippen LogP contribution in [-0.4, -0.2) is 34.1 Å². The number of hydrogen-bond donors (Lipinski definition) is 0. The molecule has 0 saturated carbocycles. The first kappa shape index (κ1) is 22.3. The van der Waals surface area contributed by atoms with Crippen LogP contribution in [0.4, 0.5) is 14.9 Å². The number of halogens is 1. The second-order valence-electron chi connectivity index (χ2n) is 9.32. The number of anilines is 1. The number of benzene rings is 2. The van der Waals surface area contributed by atoms with E-state index in [1.165, 1.54) is 11.0 Å². The van der Waals surface area contributed by atoms with Crippen LogP contribution in [0, 0.1) is 5.82 Å². The lowest BCUT2D eigenvalue weighted by Crippen LogP contribution is -2.43. The Morgan fingerprint density at radius 3 is 2.47 bits per heavy atom. The molecule has 0 aromatic heterocycles. The lowest BCUT2D eigenvalue weighted by Gasteiger charge is -2.33. The van der Waals surface area contributed by atoms with Gasteiger partial charge in [-0.25, -0.2) is 9.18 Å². The summed E-state index contributed by atoms with van der Waals surface area (Å²) in [5.41, 5.74) is 0.796. The second kappa shape index (κ2) is 8.77. The van der Waals surface area contributed by atoms with E-state index >= 15 is 0 Å². The molecule has 30 heavy (non-hydrogen) atoms. The van der Waals surface area contributed by atoms with Crippen molar-refractivity contribution in [2.75, 3.05) is 11.4 Å². The highest BCUT2D eigenvalue weighted by Gasteiger charge is 2.43. The Morgan fingerprint density at radius 2 is 1.83 bits per heavy atom. The summed E-state index contributed by atoms with van der Waals surface area (Å²) < 4.78 is 31.9. The summed E-state index contributed by atoms with van der Waals surface area (Å²) in [7, 11) is -0.811. The van der Waals surface area contributed by atoms with Crippen molar-refractivity contribution >= 4 is 21.5 Å². The fourth-order valence-corrected chi connectivity index (χ4v) is 4.03. The first-order chi connectivity index (χ1) is 14.0. The van der Waals surface area contributed by atoms with Gasteiger partial charge in [0.1, 0.15) is 12.7 Å². The van der Waals surface area contributed by atoms with Crippen LogP contribution < -0.4 is 9.64 Å². The van der Waals surface area contributed by atoms with Crippen LogP contribution in [0.25, 0.3) is 0 Å². The molecule has 1 heterocycles. The maximum atomic E-state index is 14.6. The molecule has 7 heteroatoms. The van der Waals surface area contributed by atoms with E-state index in [-0.39, 0.29) is 17.4 Å². The summed E-state index contributed by atoms with van der Waals surface area (Å²) in [5, 5.41) is 0.137. The summed E-state index contributed by atoms with van der Waals surface area (Å²) in [6, 6.07) is 14.1. The Morgan fingerprint density at radius 1 is 1.13 bits per heavy atom. The van der Waals surface area contributed by atoms with Crippen molar-refractivity contribution in [1.29, 1.82) is 0 Å². The Balaban J connectivity index is 1.65. The molecular formula is C23H30FNO4Si. The molecule has 0 aliphatic carbocycles. The summed E-state index contributed by atoms with van der Waals surface area (Å²) in [4.78, 5) is 13.9. The highest BCUT2D eigenvalue weighted by atomic mass is 28.2. The Bertz CT molecular complexity index is 883. The topological polar surface area (TPSA) is 48.0 Å². The minimum atomic E-state index is -0.811. The molecule has 5 nitrogen and oxygen atoms in total. The predicted molar refractivity (Wildman–Crippen MR) is 118 cm³/mol. The summed E-state index contributed by atoms with van der Waals surface area (Å²) in [5.74, 6) is -0.373. The number of rotatable bonds is 7. The van der Waals surface area contributed by atoms with Gasteiger partial charge in [-0.3, -0.25) is 4.90 Å². The quantitative estimate of drug-likeness (QED) is 0.590. The molecule has 1 amide bonds. The molecule has 0 bridgehead atoms. The van der Waals surface area contributed by atoms with Gasteiger partial charge >= 0.3 is 6.09 Å². The number of cyclic esters (lactones) is 1. The third-order valence-corrected chi connectivity index (χ3v) is 6.68. The van der Waals surface area contributed by atoms with Crippen LogP contribution >= 0.6 is 0 Å². The van der Waals surface area contributed by atoms with Crippen molar-refractivity contribution < 1.29 is 23.1 Å². The van der Waals surface area contributed by atoms with E-state index in [9.17, 15) is 9.18 Å². The van der Waals surface area contributed by atoms with Crippen LogP contribution in [0.5, 0.6) is 5.75 Å². The van der Waals surface area contributed by atoms with Crippen LogP contribution in [0.1, 0.15) is 40.2 Å². The lowest BCUT2D eigenvalue weighted by molar-refractivity contribution is -0.0133. The zero-order valence-electron chi connectivity index (χ0n) is 18.3. The van der Waals surface area contributed by atoms with Gasteiger partial charge in [-0.05, 0) is 36.6 Å². The molecule has 2 aromatic carbocycles. The average Bonchev–Trinajstić information content (AvgIpc) is 3.08. The van der Waals surface area contributed by atoms with E-state index in [1.54, 1.807) is 12.1 Å². The molecule has 1 saturated heterocycles. The second-order valence-corrected chi connectivity index (χ2v) is 12.0. The fraction of sp³-hybridized carbons (Fsp3) is 0.435. The Labute approximate surface area is 180 Å². The van der Waals surface area contributed by atoms with Gasteiger partial charge in [-0.1, -0.05) is 51.1 Å². The van der Waals surface area contributed by atoms with E-state index in [0.717, 1.165) is 5.56 Å². The third kappa shape index (κ3) is 5.61. The van der Waals surface area contributed by atoms with E-state index in [0.29, 0.717) is 12.2 Å². The Kier molecular flexibility index (Phi) is 6.52. The highest BCUT2D eigenvalue weighted by molar-refractivity contribution is 6.31. The minimum absolute atomic E-state index is 0.137. The number of carbonyl (C=O) groups is 1. The molecule has 1 aliphatic heterocycles. The van der Waals surface area contributed by atoms with Gasteiger partial charge in [0, 0.05) is 6.07 Å². The van der Waals surface area contributed by atoms with Crippen LogP contribution in [0.2, 0.25) is 5.04 Å². The summed E-state index contributed by atoms with van der Waals surface area (Å²) in [6.07, 6.45) is -0.914. The largest absolute Gasteiger partial charge is 0.486 e. The number of ether oxygens (including phenoxy) is 2. The third-order valence-electron chi connectivity index (χ3n) is 4.93. The molecule has 2 aromatic rings. The summed E-state index contributed by atoms with van der Waals surface area (Å²) >= 11 is 0. The number of carbonyl (C=O) groups excluding carboxylic acids is 1. The van der Waals surface area contributed by atoms with Crippen molar-refractivity contribution in [3.05, 3.63) is 59.9 Å². The van der Waals surface area contributed by atoms with Gasteiger partial charge < -0.3 is 13.9 Å². The predicted octanol–water partition coefficient (Wildman–Crippen LogP) is 4.83. The van der Waals surface area contributed by atoms with Gasteiger partial charge in [-0.15, -0.1) is 0 Å². The summed E-state index contributed by atoms with van der Waals surface area (Å²) in [6.45, 7) is 10.9. The SMILES string of the molecule is CC(C)(C)[SiH2]OC(C)(C)[C@H]1CN(c2ccc(OCc3ccccc3)c(F)c2)C(=O)O1. The monoisotopic (exact) mass is 431 g/mol. The Hall–Kier alpha value is -2.38. The molecule has 0 N–H and O–H groups in total. The molecule has 0 unspecified atom stereocenters. The zero-order valence-corrected chi connectivity index (χ0v) is 19.7. The van der Waals surface area contributed by atoms with Crippen molar-refractivity contribution in [1.82, 2.24) is 0 Å². The average molecular weight is 432 g/mol. The highest BCUT2D eigenvalue weighted by Crippen LogP contribution is 2.32. The standard InChI is InChI=1S/C23H30FNO4Si/c1-22(2,3)30-29-23(4,5)20-14-25(21(26)28-20)17-11-12-19(18(24)13-17)27-15-16-9-7-6-8-10-16/h6-13,20H,14-15,30H2,1-5H3/t20-/m1/s1. The van der Waals surface area contributed by atoms with E-state index in [1.807, 2.05) is 44.2 Å². The van der Waals surface area contributed by atoms with Crippen molar-refractivity contribution in [3.8, 4) is 5.75 Å². The number of amides is 1. The molecular weight excluding hydrogens is 401 g/mol. The minimum Gasteiger partial charge on any atom is -0.486 e. The van der Waals surface area contributed by atoms with E-state index in [2.05, 4.69) is 20.8 Å². The van der Waals surface area contributed by atoms with Crippen molar-refractivity contribution in [2.45, 2.75) is 58.0 Å². The van der Waals surface area contributed by atoms with Crippen molar-refractivity contribution in [2.24, 2.45) is 0 Å². The normalized spacial score (nSPS) is 17.6. The van der Waals surface area contributed by atoms with E-state index < -0.39 is 33.4 Å². The zero-order chi connectivity index (χ0) is 21.9. The number of hydrogen-bond acceptors (Lipinski definition) is 4. The molecule has 162 valence electrons. The first-order valence-electron chi connectivity index (χ1n) is 10.1. The molecule has 0 radical (unpaired) electrons. The molecule has 0 spiro atoms.